The molecule has 2 N–H and O–H groups in total. The molecule has 1 aliphatic rings. The van der Waals surface area contributed by atoms with Gasteiger partial charge in [0.2, 0.25) is 5.91 Å². The van der Waals surface area contributed by atoms with Gasteiger partial charge in [-0.15, -0.1) is 0 Å². The van der Waals surface area contributed by atoms with Crippen LogP contribution in [0.15, 0.2) is 42.9 Å². The summed E-state index contributed by atoms with van der Waals surface area (Å²) in [5, 5.41) is 4.89. The second-order valence-electron chi connectivity index (χ2n) is 7.33. The van der Waals surface area contributed by atoms with E-state index in [-0.39, 0.29) is 11.8 Å². The SMILES string of the molecule is CNC[C@H](Cc1ccc(Cl)cc1)C(=O)N1CCN(c2ncnc3[nH]ccc23)CC1. The van der Waals surface area contributed by atoms with Crippen molar-refractivity contribution in [1.82, 2.24) is 25.2 Å². The highest BCUT2D eigenvalue weighted by Gasteiger charge is 2.28. The number of nitrogens with one attached hydrogen (secondary N) is 2. The first-order valence-corrected chi connectivity index (χ1v) is 10.2. The van der Waals surface area contributed by atoms with Gasteiger partial charge < -0.3 is 20.1 Å². The van der Waals surface area contributed by atoms with Gasteiger partial charge in [0, 0.05) is 43.9 Å². The van der Waals surface area contributed by atoms with E-state index in [9.17, 15) is 4.79 Å². The van der Waals surface area contributed by atoms with Gasteiger partial charge >= 0.3 is 0 Å². The molecule has 1 amide bonds. The van der Waals surface area contributed by atoms with Crippen molar-refractivity contribution in [3.05, 3.63) is 53.4 Å². The molecule has 0 bridgehead atoms. The highest BCUT2D eigenvalue weighted by atomic mass is 35.5. The van der Waals surface area contributed by atoms with Crippen LogP contribution in [0, 0.1) is 5.92 Å². The standard InChI is InChI=1S/C21H25ClN6O/c1-23-13-16(12-15-2-4-17(22)5-3-15)21(29)28-10-8-27(9-11-28)20-18-6-7-24-19(18)25-14-26-20/h2-7,14,16,23H,8-13H2,1H3,(H,24,25,26)/t16-/m0/s1. The van der Waals surface area contributed by atoms with Crippen molar-refractivity contribution in [2.45, 2.75) is 6.42 Å². The van der Waals surface area contributed by atoms with Crippen molar-refractivity contribution in [1.29, 1.82) is 0 Å². The number of hydrogen-bond donors (Lipinski definition) is 2. The molecule has 29 heavy (non-hydrogen) atoms. The number of nitrogens with zero attached hydrogens (tertiary/aromatic N) is 4. The Bertz CT molecular complexity index is 965. The number of halogens is 1. The Morgan fingerprint density at radius 1 is 1.17 bits per heavy atom. The second kappa shape index (κ2) is 8.80. The molecule has 8 heteroatoms. The number of benzene rings is 1. The molecule has 1 aliphatic heterocycles. The summed E-state index contributed by atoms with van der Waals surface area (Å²) >= 11 is 5.98. The van der Waals surface area contributed by atoms with Crippen LogP contribution in [0.5, 0.6) is 0 Å². The van der Waals surface area contributed by atoms with Crippen LogP contribution in [0.25, 0.3) is 11.0 Å². The van der Waals surface area contributed by atoms with Gasteiger partial charge in [0.1, 0.15) is 17.8 Å². The molecule has 4 rings (SSSR count). The van der Waals surface area contributed by atoms with Crippen LogP contribution in [0.2, 0.25) is 5.02 Å². The highest BCUT2D eigenvalue weighted by molar-refractivity contribution is 6.30. The van der Waals surface area contributed by atoms with E-state index in [2.05, 4.69) is 25.2 Å². The number of piperazine rings is 1. The summed E-state index contributed by atoms with van der Waals surface area (Å²) in [5.74, 6) is 1.03. The highest BCUT2D eigenvalue weighted by Crippen LogP contribution is 2.23. The van der Waals surface area contributed by atoms with Gasteiger partial charge in [-0.2, -0.15) is 0 Å². The van der Waals surface area contributed by atoms with Gasteiger partial charge in [0.25, 0.3) is 0 Å². The third-order valence-electron chi connectivity index (χ3n) is 5.42. The zero-order valence-corrected chi connectivity index (χ0v) is 17.2. The fourth-order valence-electron chi connectivity index (χ4n) is 3.91. The van der Waals surface area contributed by atoms with E-state index in [1.807, 2.05) is 48.5 Å². The molecule has 0 saturated carbocycles. The fourth-order valence-corrected chi connectivity index (χ4v) is 4.03. The molecule has 0 radical (unpaired) electrons. The Labute approximate surface area is 175 Å². The number of rotatable bonds is 6. The molecule has 0 unspecified atom stereocenters. The third-order valence-corrected chi connectivity index (χ3v) is 5.67. The lowest BCUT2D eigenvalue weighted by atomic mass is 9.97. The molecular formula is C21H25ClN6O. The number of H-pyrrole nitrogens is 1. The molecule has 1 aromatic carbocycles. The number of carbonyl (C=O) groups excluding carboxylic acids is 1. The first-order valence-electron chi connectivity index (χ1n) is 9.86. The average Bonchev–Trinajstić information content (AvgIpc) is 3.23. The minimum Gasteiger partial charge on any atom is -0.352 e. The number of aromatic amines is 1. The summed E-state index contributed by atoms with van der Waals surface area (Å²) in [6.07, 6.45) is 4.16. The summed E-state index contributed by atoms with van der Waals surface area (Å²) in [4.78, 5) is 29.2. The van der Waals surface area contributed by atoms with Gasteiger partial charge in [0.15, 0.2) is 0 Å². The predicted molar refractivity (Wildman–Crippen MR) is 115 cm³/mol. The van der Waals surface area contributed by atoms with Crippen LogP contribution in [-0.2, 0) is 11.2 Å². The molecule has 152 valence electrons. The maximum atomic E-state index is 13.2. The summed E-state index contributed by atoms with van der Waals surface area (Å²) < 4.78 is 0. The van der Waals surface area contributed by atoms with Crippen LogP contribution < -0.4 is 10.2 Å². The number of hydrogen-bond acceptors (Lipinski definition) is 5. The minimum atomic E-state index is -0.0943. The fraction of sp³-hybridized carbons (Fsp3) is 0.381. The Morgan fingerprint density at radius 3 is 2.66 bits per heavy atom. The normalized spacial score (nSPS) is 15.7. The molecule has 1 saturated heterocycles. The van der Waals surface area contributed by atoms with Crippen LogP contribution >= 0.6 is 11.6 Å². The van der Waals surface area contributed by atoms with E-state index < -0.39 is 0 Å². The number of amides is 1. The van der Waals surface area contributed by atoms with E-state index in [4.69, 9.17) is 11.6 Å². The summed E-state index contributed by atoms with van der Waals surface area (Å²) in [7, 11) is 1.89. The van der Waals surface area contributed by atoms with Gasteiger partial charge in [-0.3, -0.25) is 4.79 Å². The van der Waals surface area contributed by atoms with Crippen molar-refractivity contribution < 1.29 is 4.79 Å². The molecule has 3 aromatic rings. The van der Waals surface area contributed by atoms with Crippen molar-refractivity contribution in [2.75, 3.05) is 44.7 Å². The number of anilines is 1. The maximum absolute atomic E-state index is 13.2. The molecule has 7 nitrogen and oxygen atoms in total. The van der Waals surface area contributed by atoms with Crippen LogP contribution in [0.3, 0.4) is 0 Å². The molecule has 3 heterocycles. The van der Waals surface area contributed by atoms with Crippen LogP contribution in [-0.4, -0.2) is 65.5 Å². The van der Waals surface area contributed by atoms with Crippen LogP contribution in [0.1, 0.15) is 5.56 Å². The van der Waals surface area contributed by atoms with E-state index in [0.29, 0.717) is 31.1 Å². The van der Waals surface area contributed by atoms with E-state index in [1.54, 1.807) is 6.33 Å². The first-order chi connectivity index (χ1) is 14.2. The predicted octanol–water partition coefficient (Wildman–Crippen LogP) is 2.34. The average molecular weight is 413 g/mol. The summed E-state index contributed by atoms with van der Waals surface area (Å²) in [6, 6.07) is 9.73. The Kier molecular flexibility index (Phi) is 5.97. The van der Waals surface area contributed by atoms with Crippen molar-refractivity contribution in [2.24, 2.45) is 5.92 Å². The number of carbonyl (C=O) groups is 1. The maximum Gasteiger partial charge on any atom is 0.227 e. The Hall–Kier alpha value is -2.64. The van der Waals surface area contributed by atoms with E-state index in [0.717, 1.165) is 35.5 Å². The van der Waals surface area contributed by atoms with Gasteiger partial charge in [-0.25, -0.2) is 9.97 Å². The second-order valence-corrected chi connectivity index (χ2v) is 7.77. The van der Waals surface area contributed by atoms with Crippen molar-refractivity contribution in [3.8, 4) is 0 Å². The lowest BCUT2D eigenvalue weighted by Crippen LogP contribution is -2.52. The largest absolute Gasteiger partial charge is 0.352 e. The van der Waals surface area contributed by atoms with Crippen LogP contribution in [0.4, 0.5) is 5.82 Å². The molecular weight excluding hydrogens is 388 g/mol. The van der Waals surface area contributed by atoms with E-state index >= 15 is 0 Å². The summed E-state index contributed by atoms with van der Waals surface area (Å²) in [6.45, 7) is 3.55. The Morgan fingerprint density at radius 2 is 1.93 bits per heavy atom. The monoisotopic (exact) mass is 412 g/mol. The lowest BCUT2D eigenvalue weighted by Gasteiger charge is -2.37. The lowest BCUT2D eigenvalue weighted by molar-refractivity contribution is -0.135. The molecule has 1 fully saturated rings. The quantitative estimate of drug-likeness (QED) is 0.649. The Balaban J connectivity index is 1.41. The zero-order valence-electron chi connectivity index (χ0n) is 16.4. The number of aromatic nitrogens is 3. The van der Waals surface area contributed by atoms with E-state index in [1.165, 1.54) is 0 Å². The van der Waals surface area contributed by atoms with Crippen molar-refractivity contribution in [3.63, 3.8) is 0 Å². The minimum absolute atomic E-state index is 0.0943. The molecule has 2 aromatic heterocycles. The topological polar surface area (TPSA) is 77.2 Å². The molecule has 0 aliphatic carbocycles. The molecule has 1 atom stereocenters. The van der Waals surface area contributed by atoms with Crippen molar-refractivity contribution >= 4 is 34.4 Å². The van der Waals surface area contributed by atoms with Gasteiger partial charge in [0.05, 0.1) is 11.3 Å². The third kappa shape index (κ3) is 4.36. The van der Waals surface area contributed by atoms with Gasteiger partial charge in [-0.05, 0) is 37.2 Å². The first kappa shape index (κ1) is 19.7. The molecule has 0 spiro atoms. The zero-order chi connectivity index (χ0) is 20.2. The number of fused-ring (bicyclic) bond motifs is 1. The smallest absolute Gasteiger partial charge is 0.227 e. The van der Waals surface area contributed by atoms with Gasteiger partial charge in [-0.1, -0.05) is 23.7 Å². The summed E-state index contributed by atoms with van der Waals surface area (Å²) in [5.41, 5.74) is 1.96.